The van der Waals surface area contributed by atoms with Crippen LogP contribution >= 0.6 is 23.4 Å². The number of fused-ring (bicyclic) bond motifs is 1. The maximum absolute atomic E-state index is 10.8. The summed E-state index contributed by atoms with van der Waals surface area (Å²) in [4.78, 5) is 15.3. The smallest absolute Gasteiger partial charge is 0.186 e. The predicted octanol–water partition coefficient (Wildman–Crippen LogP) is 4.49. The minimum absolute atomic E-state index is 0.114. The second-order valence-corrected chi connectivity index (χ2v) is 5.77. The molecular weight excluding hydrogens is 278 g/mol. The zero-order valence-electron chi connectivity index (χ0n) is 10.8. The van der Waals surface area contributed by atoms with E-state index < -0.39 is 0 Å². The predicted molar refractivity (Wildman–Crippen MR) is 83.7 cm³/mol. The molecule has 0 N–H and O–H groups in total. The van der Waals surface area contributed by atoms with Gasteiger partial charge in [-0.1, -0.05) is 53.7 Å². The van der Waals surface area contributed by atoms with Crippen molar-refractivity contribution in [1.29, 1.82) is 0 Å². The number of benzene rings is 1. The van der Waals surface area contributed by atoms with Crippen LogP contribution in [0.4, 0.5) is 0 Å². The first kappa shape index (κ1) is 14.1. The van der Waals surface area contributed by atoms with E-state index in [-0.39, 0.29) is 5.12 Å². The molecule has 98 valence electrons. The van der Waals surface area contributed by atoms with Gasteiger partial charge in [-0.25, -0.2) is 4.98 Å². The number of para-hydroxylation sites is 1. The molecule has 0 spiro atoms. The number of pyridine rings is 1. The largest absolute Gasteiger partial charge is 0.288 e. The summed E-state index contributed by atoms with van der Waals surface area (Å²) in [5.74, 6) is 0.650. The molecule has 0 saturated carbocycles. The van der Waals surface area contributed by atoms with Gasteiger partial charge < -0.3 is 0 Å². The molecule has 0 fully saturated rings. The fraction of sp³-hybridized carbons (Fsp3) is 0.200. The van der Waals surface area contributed by atoms with Crippen molar-refractivity contribution in [2.24, 2.45) is 0 Å². The lowest BCUT2D eigenvalue weighted by Gasteiger charge is -2.04. The van der Waals surface area contributed by atoms with Crippen LogP contribution < -0.4 is 0 Å². The number of hydrogen-bond acceptors (Lipinski definition) is 3. The topological polar surface area (TPSA) is 30.0 Å². The average Bonchev–Trinajstić information content (AvgIpc) is 2.36. The molecule has 1 heterocycles. The lowest BCUT2D eigenvalue weighted by atomic mass is 10.1. The quantitative estimate of drug-likeness (QED) is 0.781. The van der Waals surface area contributed by atoms with Gasteiger partial charge >= 0.3 is 0 Å². The summed E-state index contributed by atoms with van der Waals surface area (Å²) in [5.41, 5.74) is 2.92. The van der Waals surface area contributed by atoms with Crippen molar-refractivity contribution in [3.8, 4) is 0 Å². The molecule has 0 atom stereocenters. The Hall–Kier alpha value is -1.32. The Morgan fingerprint density at radius 2 is 2.26 bits per heavy atom. The summed E-state index contributed by atoms with van der Waals surface area (Å²) in [6.45, 7) is 3.58. The third-order valence-corrected chi connectivity index (χ3v) is 3.78. The van der Waals surface area contributed by atoms with Gasteiger partial charge in [0.15, 0.2) is 5.12 Å². The van der Waals surface area contributed by atoms with E-state index in [0.29, 0.717) is 10.9 Å². The van der Waals surface area contributed by atoms with E-state index in [2.05, 4.69) is 4.98 Å². The number of carbonyl (C=O) groups is 1. The highest BCUT2D eigenvalue weighted by Crippen LogP contribution is 2.23. The van der Waals surface area contributed by atoms with Gasteiger partial charge in [-0.2, -0.15) is 0 Å². The maximum Gasteiger partial charge on any atom is 0.186 e. The van der Waals surface area contributed by atoms with Gasteiger partial charge in [0.25, 0.3) is 0 Å². The van der Waals surface area contributed by atoms with Crippen LogP contribution in [0.5, 0.6) is 0 Å². The molecule has 2 nitrogen and oxygen atoms in total. The standard InChI is InChI=1S/C15H14ClNOS/c1-10-5-3-6-12-9-13(15(16)17-14(10)12)7-4-8-19-11(2)18/h3-7,9H,8H2,1-2H3. The number of aromatic nitrogens is 1. The Kier molecular flexibility index (Phi) is 4.61. The number of carbonyl (C=O) groups excluding carboxylic acids is 1. The number of nitrogens with zero attached hydrogens (tertiary/aromatic N) is 1. The van der Waals surface area contributed by atoms with Gasteiger partial charge in [-0.3, -0.25) is 4.79 Å². The van der Waals surface area contributed by atoms with Crippen LogP contribution in [0.3, 0.4) is 0 Å². The van der Waals surface area contributed by atoms with Crippen molar-refractivity contribution in [3.05, 3.63) is 46.6 Å². The summed E-state index contributed by atoms with van der Waals surface area (Å²) in [6.07, 6.45) is 3.84. The van der Waals surface area contributed by atoms with E-state index in [1.807, 2.05) is 43.3 Å². The molecule has 0 aliphatic heterocycles. The molecule has 1 aromatic carbocycles. The summed E-state index contributed by atoms with van der Waals surface area (Å²) < 4.78 is 0. The molecule has 0 aliphatic carbocycles. The second-order valence-electron chi connectivity index (χ2n) is 4.22. The van der Waals surface area contributed by atoms with Crippen LogP contribution in [-0.4, -0.2) is 15.9 Å². The van der Waals surface area contributed by atoms with Crippen LogP contribution in [0.25, 0.3) is 17.0 Å². The highest BCUT2D eigenvalue weighted by molar-refractivity contribution is 8.13. The van der Waals surface area contributed by atoms with Crippen LogP contribution in [0.15, 0.2) is 30.3 Å². The van der Waals surface area contributed by atoms with Gasteiger partial charge in [0.1, 0.15) is 5.15 Å². The van der Waals surface area contributed by atoms with Gasteiger partial charge in [0.05, 0.1) is 5.52 Å². The molecular formula is C15H14ClNOS. The van der Waals surface area contributed by atoms with Crippen LogP contribution in [-0.2, 0) is 4.79 Å². The highest BCUT2D eigenvalue weighted by atomic mass is 35.5. The van der Waals surface area contributed by atoms with E-state index in [9.17, 15) is 4.79 Å². The van der Waals surface area contributed by atoms with Crippen LogP contribution in [0.1, 0.15) is 18.1 Å². The number of thioether (sulfide) groups is 1. The van der Waals surface area contributed by atoms with Crippen LogP contribution in [0.2, 0.25) is 5.15 Å². The zero-order valence-corrected chi connectivity index (χ0v) is 12.4. The van der Waals surface area contributed by atoms with E-state index in [0.717, 1.165) is 22.0 Å². The Morgan fingerprint density at radius 3 is 3.00 bits per heavy atom. The molecule has 2 rings (SSSR count). The van der Waals surface area contributed by atoms with Gasteiger partial charge in [0, 0.05) is 23.6 Å². The molecule has 0 radical (unpaired) electrons. The van der Waals surface area contributed by atoms with Crippen molar-refractivity contribution < 1.29 is 4.79 Å². The normalized spacial score (nSPS) is 11.3. The van der Waals surface area contributed by atoms with Gasteiger partial charge in [-0.15, -0.1) is 0 Å². The Balaban J connectivity index is 2.29. The number of aryl methyl sites for hydroxylation is 1. The highest BCUT2D eigenvalue weighted by Gasteiger charge is 2.04. The first-order valence-corrected chi connectivity index (χ1v) is 7.30. The molecule has 0 unspecified atom stereocenters. The monoisotopic (exact) mass is 291 g/mol. The number of hydrogen-bond donors (Lipinski definition) is 0. The zero-order chi connectivity index (χ0) is 13.8. The molecule has 0 saturated heterocycles. The van der Waals surface area contributed by atoms with Crippen molar-refractivity contribution in [2.45, 2.75) is 13.8 Å². The lowest BCUT2D eigenvalue weighted by molar-refractivity contribution is -0.109. The molecule has 1 aromatic heterocycles. The number of rotatable bonds is 3. The summed E-state index contributed by atoms with van der Waals surface area (Å²) in [5, 5.41) is 1.68. The van der Waals surface area contributed by atoms with Gasteiger partial charge in [-0.05, 0) is 18.6 Å². The van der Waals surface area contributed by atoms with Crippen molar-refractivity contribution in [1.82, 2.24) is 4.98 Å². The van der Waals surface area contributed by atoms with E-state index >= 15 is 0 Å². The van der Waals surface area contributed by atoms with Crippen LogP contribution in [0, 0.1) is 6.92 Å². The van der Waals surface area contributed by atoms with E-state index in [4.69, 9.17) is 11.6 Å². The molecule has 0 amide bonds. The van der Waals surface area contributed by atoms with Gasteiger partial charge in [0.2, 0.25) is 0 Å². The SMILES string of the molecule is CC(=O)SCC=Cc1cc2cccc(C)c2nc1Cl. The molecule has 0 aliphatic rings. The first-order valence-electron chi connectivity index (χ1n) is 5.93. The lowest BCUT2D eigenvalue weighted by Crippen LogP contribution is -1.88. The van der Waals surface area contributed by atoms with Crippen molar-refractivity contribution >= 4 is 45.5 Å². The number of halogens is 1. The summed E-state index contributed by atoms with van der Waals surface area (Å²) in [7, 11) is 0. The third kappa shape index (κ3) is 3.58. The Labute approximate surface area is 121 Å². The molecule has 2 aromatic rings. The molecule has 19 heavy (non-hydrogen) atoms. The summed E-state index contributed by atoms with van der Waals surface area (Å²) in [6, 6.07) is 8.07. The minimum atomic E-state index is 0.114. The second kappa shape index (κ2) is 6.22. The average molecular weight is 292 g/mol. The van der Waals surface area contributed by atoms with Crippen molar-refractivity contribution in [3.63, 3.8) is 0 Å². The Bertz CT molecular complexity index is 652. The fourth-order valence-electron chi connectivity index (χ4n) is 1.80. The minimum Gasteiger partial charge on any atom is -0.288 e. The molecule has 0 bridgehead atoms. The summed E-state index contributed by atoms with van der Waals surface area (Å²) >= 11 is 7.45. The van der Waals surface area contributed by atoms with E-state index in [1.165, 1.54) is 11.8 Å². The fourth-order valence-corrected chi connectivity index (χ4v) is 2.43. The maximum atomic E-state index is 10.8. The van der Waals surface area contributed by atoms with Crippen molar-refractivity contribution in [2.75, 3.05) is 5.75 Å². The third-order valence-electron chi connectivity index (χ3n) is 2.71. The van der Waals surface area contributed by atoms with E-state index in [1.54, 1.807) is 6.92 Å². The first-order chi connectivity index (χ1) is 9.08. The molecule has 4 heteroatoms. The Morgan fingerprint density at radius 1 is 1.47 bits per heavy atom.